The summed E-state index contributed by atoms with van der Waals surface area (Å²) in [5.74, 6) is 2.01. The lowest BCUT2D eigenvalue weighted by atomic mass is 10.1. The average molecular weight is 272 g/mol. The van der Waals surface area contributed by atoms with Crippen molar-refractivity contribution in [3.8, 4) is 5.82 Å². The van der Waals surface area contributed by atoms with Crippen LogP contribution in [0.25, 0.3) is 5.82 Å². The summed E-state index contributed by atoms with van der Waals surface area (Å²) in [6, 6.07) is 6.14. The number of rotatable bonds is 5. The summed E-state index contributed by atoms with van der Waals surface area (Å²) in [6.07, 6.45) is 5.88. The molecule has 108 valence electrons. The van der Waals surface area contributed by atoms with Crippen molar-refractivity contribution in [3.63, 3.8) is 0 Å². The maximum atomic E-state index is 4.72. The van der Waals surface area contributed by atoms with Crippen LogP contribution in [0.3, 0.4) is 0 Å². The third-order valence-corrected chi connectivity index (χ3v) is 3.03. The standard InChI is InChI=1S/C16H24N4/c1-5-7-14-17-10-11-20(14)15-9-6-8-13(19-15)12-18-16(2,3)4/h6,8-11,18H,5,7,12H2,1-4H3. The number of nitrogens with zero attached hydrogens (tertiary/aromatic N) is 3. The Labute approximate surface area is 121 Å². The van der Waals surface area contributed by atoms with Gasteiger partial charge in [0.05, 0.1) is 5.69 Å². The highest BCUT2D eigenvalue weighted by molar-refractivity contribution is 5.26. The van der Waals surface area contributed by atoms with Gasteiger partial charge in [0.2, 0.25) is 0 Å². The normalized spacial score (nSPS) is 11.8. The van der Waals surface area contributed by atoms with Gasteiger partial charge in [-0.25, -0.2) is 9.97 Å². The Morgan fingerprint density at radius 1 is 1.25 bits per heavy atom. The summed E-state index contributed by atoms with van der Waals surface area (Å²) in [5.41, 5.74) is 1.15. The van der Waals surface area contributed by atoms with Crippen molar-refractivity contribution in [1.29, 1.82) is 0 Å². The Morgan fingerprint density at radius 2 is 2.05 bits per heavy atom. The van der Waals surface area contributed by atoms with E-state index in [0.29, 0.717) is 0 Å². The summed E-state index contributed by atoms with van der Waals surface area (Å²) in [7, 11) is 0. The van der Waals surface area contributed by atoms with Crippen LogP contribution in [0.1, 0.15) is 45.6 Å². The topological polar surface area (TPSA) is 42.7 Å². The molecule has 0 bridgehead atoms. The quantitative estimate of drug-likeness (QED) is 0.909. The molecular formula is C16H24N4. The SMILES string of the molecule is CCCc1nccn1-c1cccc(CNC(C)(C)C)n1. The molecule has 4 nitrogen and oxygen atoms in total. The zero-order chi connectivity index (χ0) is 14.6. The Kier molecular flexibility index (Phi) is 4.55. The van der Waals surface area contributed by atoms with Crippen LogP contribution in [0.15, 0.2) is 30.6 Å². The molecule has 2 aromatic heterocycles. The van der Waals surface area contributed by atoms with Gasteiger partial charge in [0.25, 0.3) is 0 Å². The molecule has 0 radical (unpaired) electrons. The molecule has 0 amide bonds. The second kappa shape index (κ2) is 6.18. The van der Waals surface area contributed by atoms with Crippen molar-refractivity contribution in [2.45, 2.75) is 52.6 Å². The molecule has 0 saturated carbocycles. The van der Waals surface area contributed by atoms with Crippen LogP contribution in [0, 0.1) is 0 Å². The van der Waals surface area contributed by atoms with Gasteiger partial charge in [-0.2, -0.15) is 0 Å². The van der Waals surface area contributed by atoms with Gasteiger partial charge in [0, 0.05) is 30.9 Å². The summed E-state index contributed by atoms with van der Waals surface area (Å²) < 4.78 is 2.07. The molecule has 0 aliphatic heterocycles. The second-order valence-electron chi connectivity index (χ2n) is 6.05. The fourth-order valence-corrected chi connectivity index (χ4v) is 2.01. The molecule has 2 aromatic rings. The molecule has 0 unspecified atom stereocenters. The predicted octanol–water partition coefficient (Wildman–Crippen LogP) is 3.11. The lowest BCUT2D eigenvalue weighted by Gasteiger charge is -2.20. The summed E-state index contributed by atoms with van der Waals surface area (Å²) in [6.45, 7) is 9.41. The lowest BCUT2D eigenvalue weighted by Crippen LogP contribution is -2.35. The van der Waals surface area contributed by atoms with E-state index in [1.807, 2.05) is 18.5 Å². The van der Waals surface area contributed by atoms with E-state index in [2.05, 4.69) is 54.7 Å². The minimum atomic E-state index is 0.0973. The van der Waals surface area contributed by atoms with Crippen molar-refractivity contribution in [1.82, 2.24) is 19.9 Å². The van der Waals surface area contributed by atoms with Gasteiger partial charge in [-0.15, -0.1) is 0 Å². The van der Waals surface area contributed by atoms with Crippen LogP contribution in [0.4, 0.5) is 0 Å². The Morgan fingerprint density at radius 3 is 2.75 bits per heavy atom. The number of pyridine rings is 1. The number of hydrogen-bond acceptors (Lipinski definition) is 3. The average Bonchev–Trinajstić information content (AvgIpc) is 2.85. The van der Waals surface area contributed by atoms with E-state index in [1.54, 1.807) is 0 Å². The van der Waals surface area contributed by atoms with Crippen LogP contribution in [-0.2, 0) is 13.0 Å². The Bertz CT molecular complexity index is 552. The van der Waals surface area contributed by atoms with Gasteiger partial charge in [-0.05, 0) is 39.3 Å². The molecule has 2 rings (SSSR count). The maximum absolute atomic E-state index is 4.72. The fourth-order valence-electron chi connectivity index (χ4n) is 2.01. The summed E-state index contributed by atoms with van der Waals surface area (Å²) >= 11 is 0. The zero-order valence-electron chi connectivity index (χ0n) is 12.8. The molecule has 20 heavy (non-hydrogen) atoms. The first kappa shape index (κ1) is 14.7. The van der Waals surface area contributed by atoms with Gasteiger partial charge in [-0.1, -0.05) is 13.0 Å². The molecule has 0 aliphatic rings. The van der Waals surface area contributed by atoms with Gasteiger partial charge in [0.15, 0.2) is 0 Å². The van der Waals surface area contributed by atoms with E-state index in [-0.39, 0.29) is 5.54 Å². The number of aryl methyl sites for hydroxylation is 1. The first-order chi connectivity index (χ1) is 9.49. The van der Waals surface area contributed by atoms with Crippen LogP contribution >= 0.6 is 0 Å². The van der Waals surface area contributed by atoms with E-state index in [1.165, 1.54) is 0 Å². The molecule has 4 heteroatoms. The summed E-state index contributed by atoms with van der Waals surface area (Å²) in [5, 5.41) is 3.46. The molecule has 2 heterocycles. The molecule has 0 saturated heterocycles. The van der Waals surface area contributed by atoms with E-state index >= 15 is 0 Å². The highest BCUT2D eigenvalue weighted by atomic mass is 15.1. The van der Waals surface area contributed by atoms with Crippen molar-refractivity contribution < 1.29 is 0 Å². The largest absolute Gasteiger partial charge is 0.306 e. The predicted molar refractivity (Wildman–Crippen MR) is 81.9 cm³/mol. The molecular weight excluding hydrogens is 248 g/mol. The Hall–Kier alpha value is -1.68. The van der Waals surface area contributed by atoms with E-state index < -0.39 is 0 Å². The smallest absolute Gasteiger partial charge is 0.138 e. The molecule has 1 N–H and O–H groups in total. The van der Waals surface area contributed by atoms with Crippen molar-refractivity contribution in [2.75, 3.05) is 0 Å². The molecule has 0 aliphatic carbocycles. The van der Waals surface area contributed by atoms with Gasteiger partial charge in [-0.3, -0.25) is 4.57 Å². The van der Waals surface area contributed by atoms with Gasteiger partial charge >= 0.3 is 0 Å². The minimum Gasteiger partial charge on any atom is -0.306 e. The molecule has 0 fully saturated rings. The Balaban J connectivity index is 2.19. The van der Waals surface area contributed by atoms with Crippen LogP contribution < -0.4 is 5.32 Å². The van der Waals surface area contributed by atoms with E-state index in [0.717, 1.165) is 36.7 Å². The number of hydrogen-bond donors (Lipinski definition) is 1. The highest BCUT2D eigenvalue weighted by Crippen LogP contribution is 2.11. The lowest BCUT2D eigenvalue weighted by molar-refractivity contribution is 0.421. The third-order valence-electron chi connectivity index (χ3n) is 3.03. The van der Waals surface area contributed by atoms with Crippen LogP contribution in [0.2, 0.25) is 0 Å². The van der Waals surface area contributed by atoms with Crippen molar-refractivity contribution in [2.24, 2.45) is 0 Å². The van der Waals surface area contributed by atoms with Gasteiger partial charge < -0.3 is 5.32 Å². The van der Waals surface area contributed by atoms with Crippen molar-refractivity contribution >= 4 is 0 Å². The highest BCUT2D eigenvalue weighted by Gasteiger charge is 2.10. The summed E-state index contributed by atoms with van der Waals surface area (Å²) in [4.78, 5) is 9.13. The molecule has 0 spiro atoms. The zero-order valence-corrected chi connectivity index (χ0v) is 12.8. The van der Waals surface area contributed by atoms with Crippen LogP contribution in [-0.4, -0.2) is 20.1 Å². The van der Waals surface area contributed by atoms with E-state index in [4.69, 9.17) is 4.98 Å². The van der Waals surface area contributed by atoms with Crippen molar-refractivity contribution in [3.05, 3.63) is 42.1 Å². The van der Waals surface area contributed by atoms with E-state index in [9.17, 15) is 0 Å². The first-order valence-electron chi connectivity index (χ1n) is 7.23. The first-order valence-corrected chi connectivity index (χ1v) is 7.23. The minimum absolute atomic E-state index is 0.0973. The fraction of sp³-hybridized carbons (Fsp3) is 0.500. The number of nitrogens with one attached hydrogen (secondary N) is 1. The second-order valence-corrected chi connectivity index (χ2v) is 6.05. The maximum Gasteiger partial charge on any atom is 0.138 e. The monoisotopic (exact) mass is 272 g/mol. The number of imidazole rings is 1. The third kappa shape index (κ3) is 3.90. The molecule has 0 atom stereocenters. The molecule has 0 aromatic carbocycles. The number of aromatic nitrogens is 3. The van der Waals surface area contributed by atoms with Crippen LogP contribution in [0.5, 0.6) is 0 Å². The van der Waals surface area contributed by atoms with Gasteiger partial charge in [0.1, 0.15) is 11.6 Å².